The number of aliphatic carboxylic acids is 1. The summed E-state index contributed by atoms with van der Waals surface area (Å²) in [5.41, 5.74) is 1.63. The van der Waals surface area contributed by atoms with Crippen molar-refractivity contribution in [2.45, 2.75) is 32.6 Å². The summed E-state index contributed by atoms with van der Waals surface area (Å²) in [6.45, 7) is 2.54. The lowest BCUT2D eigenvalue weighted by Crippen LogP contribution is -2.32. The van der Waals surface area contributed by atoms with Gasteiger partial charge in [-0.25, -0.2) is 0 Å². The summed E-state index contributed by atoms with van der Waals surface area (Å²) in [6.07, 6.45) is 3.17. The number of aryl methyl sites for hydroxylation is 1. The average Bonchev–Trinajstić information content (AvgIpc) is 2.45. The minimum Gasteiger partial charge on any atom is -0.481 e. The van der Waals surface area contributed by atoms with E-state index in [9.17, 15) is 9.59 Å². The monoisotopic (exact) mass is 353 g/mol. The SMILES string of the molecule is Cc1cc(Br)ccc1C(=O)NCC1CCC(C(=O)O)CC1. The van der Waals surface area contributed by atoms with Gasteiger partial charge in [0.1, 0.15) is 0 Å². The summed E-state index contributed by atoms with van der Waals surface area (Å²) in [4.78, 5) is 23.1. The molecule has 2 rings (SSSR count). The third-order valence-corrected chi connectivity index (χ3v) is 4.67. The van der Waals surface area contributed by atoms with Gasteiger partial charge in [0.2, 0.25) is 0 Å². The molecule has 0 aliphatic heterocycles. The number of carboxylic acids is 1. The van der Waals surface area contributed by atoms with Crippen LogP contribution < -0.4 is 5.32 Å². The molecular weight excluding hydrogens is 334 g/mol. The topological polar surface area (TPSA) is 66.4 Å². The van der Waals surface area contributed by atoms with Gasteiger partial charge in [0.05, 0.1) is 5.92 Å². The van der Waals surface area contributed by atoms with Gasteiger partial charge in [0.25, 0.3) is 5.91 Å². The van der Waals surface area contributed by atoms with Gasteiger partial charge in [-0.05, 0) is 62.3 Å². The maximum atomic E-state index is 12.2. The number of halogens is 1. The van der Waals surface area contributed by atoms with Crippen molar-refractivity contribution in [1.29, 1.82) is 0 Å². The molecule has 0 bridgehead atoms. The van der Waals surface area contributed by atoms with Crippen LogP contribution in [0.15, 0.2) is 22.7 Å². The van der Waals surface area contributed by atoms with Crippen LogP contribution in [0.5, 0.6) is 0 Å². The fourth-order valence-corrected chi connectivity index (χ4v) is 3.30. The summed E-state index contributed by atoms with van der Waals surface area (Å²) >= 11 is 3.38. The van der Waals surface area contributed by atoms with Crippen LogP contribution >= 0.6 is 15.9 Å². The molecule has 0 radical (unpaired) electrons. The van der Waals surface area contributed by atoms with E-state index in [1.807, 2.05) is 25.1 Å². The first-order valence-corrected chi connectivity index (χ1v) is 8.04. The quantitative estimate of drug-likeness (QED) is 0.871. The third-order valence-electron chi connectivity index (χ3n) is 4.18. The van der Waals surface area contributed by atoms with Gasteiger partial charge in [0, 0.05) is 16.6 Å². The van der Waals surface area contributed by atoms with Crippen LogP contribution in [-0.4, -0.2) is 23.5 Å². The van der Waals surface area contributed by atoms with E-state index in [1.54, 1.807) is 0 Å². The summed E-state index contributed by atoms with van der Waals surface area (Å²) in [6, 6.07) is 5.60. The van der Waals surface area contributed by atoms with Gasteiger partial charge in [-0.1, -0.05) is 15.9 Å². The highest BCUT2D eigenvalue weighted by molar-refractivity contribution is 9.10. The molecule has 2 N–H and O–H groups in total. The Morgan fingerprint density at radius 3 is 2.52 bits per heavy atom. The van der Waals surface area contributed by atoms with Crippen LogP contribution in [0.1, 0.15) is 41.6 Å². The molecule has 0 spiro atoms. The number of carbonyl (C=O) groups is 2. The first kappa shape index (κ1) is 16.0. The second-order valence-electron chi connectivity index (χ2n) is 5.73. The normalized spacial score (nSPS) is 21.8. The van der Waals surface area contributed by atoms with Gasteiger partial charge in [0.15, 0.2) is 0 Å². The van der Waals surface area contributed by atoms with Crippen molar-refractivity contribution in [3.05, 3.63) is 33.8 Å². The smallest absolute Gasteiger partial charge is 0.306 e. The van der Waals surface area contributed by atoms with Gasteiger partial charge < -0.3 is 10.4 Å². The molecule has 5 heteroatoms. The summed E-state index contributed by atoms with van der Waals surface area (Å²) in [7, 11) is 0. The lowest BCUT2D eigenvalue weighted by atomic mass is 9.82. The molecule has 0 atom stereocenters. The first-order chi connectivity index (χ1) is 9.97. The van der Waals surface area contributed by atoms with Crippen LogP contribution in [0.3, 0.4) is 0 Å². The number of benzene rings is 1. The van der Waals surface area contributed by atoms with Gasteiger partial charge in [-0.15, -0.1) is 0 Å². The molecule has 21 heavy (non-hydrogen) atoms. The second kappa shape index (κ2) is 7.07. The van der Waals surface area contributed by atoms with E-state index >= 15 is 0 Å². The lowest BCUT2D eigenvalue weighted by molar-refractivity contribution is -0.143. The van der Waals surface area contributed by atoms with Gasteiger partial charge in [-0.3, -0.25) is 9.59 Å². The highest BCUT2D eigenvalue weighted by Crippen LogP contribution is 2.28. The molecule has 114 valence electrons. The van der Waals surface area contributed by atoms with Crippen molar-refractivity contribution in [3.8, 4) is 0 Å². The number of hydrogen-bond donors (Lipinski definition) is 2. The Bertz CT molecular complexity index is 536. The van der Waals surface area contributed by atoms with E-state index in [0.29, 0.717) is 30.9 Å². The first-order valence-electron chi connectivity index (χ1n) is 7.24. The molecule has 1 amide bonds. The predicted molar refractivity (Wildman–Crippen MR) is 84.3 cm³/mol. The Morgan fingerprint density at radius 2 is 1.95 bits per heavy atom. The van der Waals surface area contributed by atoms with E-state index < -0.39 is 5.97 Å². The molecule has 0 heterocycles. The Balaban J connectivity index is 1.83. The summed E-state index contributed by atoms with van der Waals surface area (Å²) < 4.78 is 0.962. The maximum absolute atomic E-state index is 12.2. The zero-order valence-corrected chi connectivity index (χ0v) is 13.6. The maximum Gasteiger partial charge on any atom is 0.306 e. The van der Waals surface area contributed by atoms with Crippen molar-refractivity contribution in [1.82, 2.24) is 5.32 Å². The van der Waals surface area contributed by atoms with Crippen LogP contribution in [0, 0.1) is 18.8 Å². The Kier molecular flexibility index (Phi) is 5.39. The Morgan fingerprint density at radius 1 is 1.29 bits per heavy atom. The zero-order chi connectivity index (χ0) is 15.4. The molecule has 0 aromatic heterocycles. The minimum absolute atomic E-state index is 0.0552. The van der Waals surface area contributed by atoms with E-state index in [4.69, 9.17) is 5.11 Å². The van der Waals surface area contributed by atoms with E-state index in [-0.39, 0.29) is 11.8 Å². The molecule has 1 aliphatic carbocycles. The number of amides is 1. The number of rotatable bonds is 4. The largest absolute Gasteiger partial charge is 0.481 e. The molecule has 0 saturated heterocycles. The molecule has 1 aromatic carbocycles. The van der Waals surface area contributed by atoms with Crippen molar-refractivity contribution in [3.63, 3.8) is 0 Å². The molecule has 0 unspecified atom stereocenters. The average molecular weight is 354 g/mol. The van der Waals surface area contributed by atoms with Crippen LogP contribution in [0.2, 0.25) is 0 Å². The second-order valence-corrected chi connectivity index (χ2v) is 6.64. The number of carbonyl (C=O) groups excluding carboxylic acids is 1. The number of carboxylic acid groups (broad SMARTS) is 1. The fourth-order valence-electron chi connectivity index (χ4n) is 2.83. The van der Waals surface area contributed by atoms with Crippen molar-refractivity contribution in [2.75, 3.05) is 6.54 Å². The summed E-state index contributed by atoms with van der Waals surface area (Å²) in [5, 5.41) is 11.9. The highest BCUT2D eigenvalue weighted by atomic mass is 79.9. The third kappa shape index (κ3) is 4.30. The van der Waals surface area contributed by atoms with E-state index in [2.05, 4.69) is 21.2 Å². The van der Waals surface area contributed by atoms with Crippen LogP contribution in [-0.2, 0) is 4.79 Å². The molecule has 4 nitrogen and oxygen atoms in total. The van der Waals surface area contributed by atoms with Crippen molar-refractivity contribution in [2.24, 2.45) is 11.8 Å². The van der Waals surface area contributed by atoms with E-state index in [1.165, 1.54) is 0 Å². The predicted octanol–water partition coefficient (Wildman–Crippen LogP) is 3.38. The van der Waals surface area contributed by atoms with Gasteiger partial charge in [-0.2, -0.15) is 0 Å². The van der Waals surface area contributed by atoms with Crippen LogP contribution in [0.4, 0.5) is 0 Å². The zero-order valence-electron chi connectivity index (χ0n) is 12.1. The molecule has 1 aromatic rings. The molecule has 1 fully saturated rings. The van der Waals surface area contributed by atoms with Crippen LogP contribution in [0.25, 0.3) is 0 Å². The van der Waals surface area contributed by atoms with Gasteiger partial charge >= 0.3 is 5.97 Å². The Hall–Kier alpha value is -1.36. The number of hydrogen-bond acceptors (Lipinski definition) is 2. The summed E-state index contributed by atoms with van der Waals surface area (Å²) in [5.74, 6) is -0.561. The standard InChI is InChI=1S/C16H20BrNO3/c1-10-8-13(17)6-7-14(10)15(19)18-9-11-2-4-12(5-3-11)16(20)21/h6-8,11-12H,2-5,9H2,1H3,(H,18,19)(H,20,21). The van der Waals surface area contributed by atoms with Crippen molar-refractivity contribution >= 4 is 27.8 Å². The number of nitrogens with one attached hydrogen (secondary N) is 1. The van der Waals surface area contributed by atoms with Crippen molar-refractivity contribution < 1.29 is 14.7 Å². The highest BCUT2D eigenvalue weighted by Gasteiger charge is 2.26. The Labute approximate surface area is 133 Å². The molecule has 1 saturated carbocycles. The van der Waals surface area contributed by atoms with E-state index in [0.717, 1.165) is 22.9 Å². The molecular formula is C16H20BrNO3. The fraction of sp³-hybridized carbons (Fsp3) is 0.500. The lowest BCUT2D eigenvalue weighted by Gasteiger charge is -2.26. The minimum atomic E-state index is -0.692. The molecule has 1 aliphatic rings.